The zero-order chi connectivity index (χ0) is 14.1. The molecule has 2 heterocycles. The summed E-state index contributed by atoms with van der Waals surface area (Å²) in [5, 5.41) is 7.37. The summed E-state index contributed by atoms with van der Waals surface area (Å²) < 4.78 is 5.77. The average molecular weight is 269 g/mol. The Kier molecular flexibility index (Phi) is 2.98. The van der Waals surface area contributed by atoms with Crippen molar-refractivity contribution in [3.63, 3.8) is 0 Å². The van der Waals surface area contributed by atoms with Crippen molar-refractivity contribution >= 4 is 17.0 Å². The molecular formula is C14H15N5O. The summed E-state index contributed by atoms with van der Waals surface area (Å²) in [5.74, 6) is 1.74. The maximum Gasteiger partial charge on any atom is 0.235 e. The van der Waals surface area contributed by atoms with Crippen LogP contribution in [0.25, 0.3) is 11.0 Å². The van der Waals surface area contributed by atoms with Gasteiger partial charge < -0.3 is 10.5 Å². The Balaban J connectivity index is 1.94. The number of nitrogens with two attached hydrogens (primary N) is 1. The van der Waals surface area contributed by atoms with Crippen molar-refractivity contribution in [1.29, 1.82) is 0 Å². The molecule has 0 bridgehead atoms. The van der Waals surface area contributed by atoms with Crippen LogP contribution in [-0.2, 0) is 0 Å². The third-order valence-electron chi connectivity index (χ3n) is 3.05. The van der Waals surface area contributed by atoms with Crippen LogP contribution in [0.2, 0.25) is 0 Å². The molecule has 6 heteroatoms. The first-order valence-electron chi connectivity index (χ1n) is 6.38. The van der Waals surface area contributed by atoms with Crippen molar-refractivity contribution in [3.05, 3.63) is 36.0 Å². The van der Waals surface area contributed by atoms with Gasteiger partial charge in [0.05, 0.1) is 6.20 Å². The fourth-order valence-electron chi connectivity index (χ4n) is 1.94. The number of aromatic amines is 1. The Labute approximate surface area is 116 Å². The van der Waals surface area contributed by atoms with E-state index in [1.165, 1.54) is 5.56 Å². The lowest BCUT2D eigenvalue weighted by molar-refractivity contribution is 0.469. The van der Waals surface area contributed by atoms with E-state index >= 15 is 0 Å². The molecule has 0 atom stereocenters. The third-order valence-corrected chi connectivity index (χ3v) is 3.05. The summed E-state index contributed by atoms with van der Waals surface area (Å²) in [6.45, 7) is 4.30. The van der Waals surface area contributed by atoms with Gasteiger partial charge in [0, 0.05) is 0 Å². The van der Waals surface area contributed by atoms with Crippen molar-refractivity contribution in [2.75, 3.05) is 5.73 Å². The SMILES string of the molecule is CC(C)c1ccc(Oc2nc(N)nc3[nH]ncc23)cc1. The molecule has 1 aromatic carbocycles. The molecule has 6 nitrogen and oxygen atoms in total. The molecule has 0 saturated carbocycles. The average Bonchev–Trinajstić information content (AvgIpc) is 2.87. The Morgan fingerprint density at radius 3 is 2.60 bits per heavy atom. The highest BCUT2D eigenvalue weighted by Gasteiger charge is 2.10. The van der Waals surface area contributed by atoms with Crippen molar-refractivity contribution in [2.45, 2.75) is 19.8 Å². The van der Waals surface area contributed by atoms with Gasteiger partial charge in [-0.05, 0) is 23.6 Å². The van der Waals surface area contributed by atoms with Crippen molar-refractivity contribution < 1.29 is 4.74 Å². The first-order chi connectivity index (χ1) is 9.63. The van der Waals surface area contributed by atoms with Crippen LogP contribution in [0.4, 0.5) is 5.95 Å². The number of benzene rings is 1. The predicted octanol–water partition coefficient (Wildman–Crippen LogP) is 2.85. The van der Waals surface area contributed by atoms with Gasteiger partial charge in [0.1, 0.15) is 11.1 Å². The van der Waals surface area contributed by atoms with Crippen LogP contribution in [0.15, 0.2) is 30.5 Å². The van der Waals surface area contributed by atoms with Crippen molar-refractivity contribution in [2.24, 2.45) is 0 Å². The number of nitrogens with one attached hydrogen (secondary N) is 1. The molecule has 0 aliphatic heterocycles. The molecule has 0 unspecified atom stereocenters. The highest BCUT2D eigenvalue weighted by molar-refractivity contribution is 5.80. The van der Waals surface area contributed by atoms with Gasteiger partial charge in [-0.25, -0.2) is 0 Å². The molecule has 0 spiro atoms. The number of aromatic nitrogens is 4. The van der Waals surface area contributed by atoms with E-state index in [0.717, 1.165) is 0 Å². The molecule has 0 radical (unpaired) electrons. The fraction of sp³-hybridized carbons (Fsp3) is 0.214. The van der Waals surface area contributed by atoms with E-state index in [4.69, 9.17) is 10.5 Å². The largest absolute Gasteiger partial charge is 0.438 e. The van der Waals surface area contributed by atoms with Crippen LogP contribution in [0.1, 0.15) is 25.3 Å². The molecule has 102 valence electrons. The number of hydrogen-bond donors (Lipinski definition) is 2. The van der Waals surface area contributed by atoms with E-state index in [-0.39, 0.29) is 5.95 Å². The molecule has 2 aromatic heterocycles. The zero-order valence-electron chi connectivity index (χ0n) is 11.3. The van der Waals surface area contributed by atoms with Gasteiger partial charge >= 0.3 is 0 Å². The summed E-state index contributed by atoms with van der Waals surface area (Å²) in [6.07, 6.45) is 1.62. The highest BCUT2D eigenvalue weighted by atomic mass is 16.5. The van der Waals surface area contributed by atoms with Gasteiger partial charge in [-0.3, -0.25) is 5.10 Å². The number of rotatable bonds is 3. The minimum Gasteiger partial charge on any atom is -0.438 e. The van der Waals surface area contributed by atoms with E-state index in [2.05, 4.69) is 34.0 Å². The quantitative estimate of drug-likeness (QED) is 0.763. The third kappa shape index (κ3) is 2.27. The molecule has 3 rings (SSSR count). The number of fused-ring (bicyclic) bond motifs is 1. The van der Waals surface area contributed by atoms with E-state index in [9.17, 15) is 0 Å². The number of nitrogen functional groups attached to an aromatic ring is 1. The summed E-state index contributed by atoms with van der Waals surface area (Å²) in [7, 11) is 0. The topological polar surface area (TPSA) is 89.7 Å². The standard InChI is InChI=1S/C14H15N5O/c1-8(2)9-3-5-10(6-4-9)20-13-11-7-16-19-12(11)17-14(15)18-13/h3-8H,1-2H3,(H3,15,16,17,18,19). The smallest absolute Gasteiger partial charge is 0.235 e. The summed E-state index contributed by atoms with van der Waals surface area (Å²) in [4.78, 5) is 8.15. The number of ether oxygens (including phenoxy) is 1. The van der Waals surface area contributed by atoms with Gasteiger partial charge in [-0.2, -0.15) is 15.1 Å². The second-order valence-corrected chi connectivity index (χ2v) is 4.85. The number of nitrogens with zero attached hydrogens (tertiary/aromatic N) is 3. The minimum absolute atomic E-state index is 0.149. The molecule has 0 aliphatic carbocycles. The normalized spacial score (nSPS) is 11.2. The lowest BCUT2D eigenvalue weighted by Crippen LogP contribution is -1.98. The van der Waals surface area contributed by atoms with Crippen LogP contribution in [0, 0.1) is 0 Å². The van der Waals surface area contributed by atoms with E-state index in [1.54, 1.807) is 6.20 Å². The Morgan fingerprint density at radius 1 is 1.15 bits per heavy atom. The first-order valence-corrected chi connectivity index (χ1v) is 6.38. The summed E-state index contributed by atoms with van der Waals surface area (Å²) in [5.41, 5.74) is 7.47. The summed E-state index contributed by atoms with van der Waals surface area (Å²) in [6, 6.07) is 7.91. The first kappa shape index (κ1) is 12.4. The molecule has 0 amide bonds. The Hall–Kier alpha value is -2.63. The van der Waals surface area contributed by atoms with Gasteiger partial charge in [0.2, 0.25) is 11.8 Å². The van der Waals surface area contributed by atoms with Crippen LogP contribution in [-0.4, -0.2) is 20.2 Å². The minimum atomic E-state index is 0.149. The highest BCUT2D eigenvalue weighted by Crippen LogP contribution is 2.27. The molecule has 0 saturated heterocycles. The molecule has 20 heavy (non-hydrogen) atoms. The lowest BCUT2D eigenvalue weighted by Gasteiger charge is -2.08. The zero-order valence-corrected chi connectivity index (χ0v) is 11.3. The van der Waals surface area contributed by atoms with E-state index in [1.807, 2.05) is 24.3 Å². The second-order valence-electron chi connectivity index (χ2n) is 4.85. The Morgan fingerprint density at radius 2 is 1.90 bits per heavy atom. The number of H-pyrrole nitrogens is 1. The lowest BCUT2D eigenvalue weighted by atomic mass is 10.0. The van der Waals surface area contributed by atoms with Gasteiger partial charge in [-0.15, -0.1) is 0 Å². The Bertz CT molecular complexity index is 733. The van der Waals surface area contributed by atoms with Gasteiger partial charge in [0.15, 0.2) is 5.65 Å². The van der Waals surface area contributed by atoms with Crippen LogP contribution < -0.4 is 10.5 Å². The molecule has 3 N–H and O–H groups in total. The second kappa shape index (κ2) is 4.80. The van der Waals surface area contributed by atoms with Crippen LogP contribution in [0.5, 0.6) is 11.6 Å². The van der Waals surface area contributed by atoms with Crippen LogP contribution >= 0.6 is 0 Å². The summed E-state index contributed by atoms with van der Waals surface area (Å²) >= 11 is 0. The predicted molar refractivity (Wildman–Crippen MR) is 76.7 cm³/mol. The molecule has 0 fully saturated rings. The van der Waals surface area contributed by atoms with Crippen molar-refractivity contribution in [1.82, 2.24) is 20.2 Å². The van der Waals surface area contributed by atoms with Crippen LogP contribution in [0.3, 0.4) is 0 Å². The monoisotopic (exact) mass is 269 g/mol. The number of hydrogen-bond acceptors (Lipinski definition) is 5. The molecule has 3 aromatic rings. The fourth-order valence-corrected chi connectivity index (χ4v) is 1.94. The van der Waals surface area contributed by atoms with E-state index < -0.39 is 0 Å². The van der Waals surface area contributed by atoms with Gasteiger partial charge in [-0.1, -0.05) is 26.0 Å². The molecule has 0 aliphatic rings. The van der Waals surface area contributed by atoms with Crippen molar-refractivity contribution in [3.8, 4) is 11.6 Å². The number of anilines is 1. The van der Waals surface area contributed by atoms with Gasteiger partial charge in [0.25, 0.3) is 0 Å². The van der Waals surface area contributed by atoms with E-state index in [0.29, 0.717) is 28.6 Å². The maximum absolute atomic E-state index is 5.77. The molecular weight excluding hydrogens is 254 g/mol. The maximum atomic E-state index is 5.77.